The van der Waals surface area contributed by atoms with Crippen LogP contribution in [0.15, 0.2) is 48.5 Å². The lowest BCUT2D eigenvalue weighted by Crippen LogP contribution is -1.92. The van der Waals surface area contributed by atoms with Crippen LogP contribution in [0.5, 0.6) is 11.5 Å². The maximum absolute atomic E-state index is 13.4. The fourth-order valence-electron chi connectivity index (χ4n) is 1.48. The minimum Gasteiger partial charge on any atom is -0.454 e. The number of rotatable bonds is 3. The maximum atomic E-state index is 13.4. The van der Waals surface area contributed by atoms with Crippen molar-refractivity contribution in [1.82, 2.24) is 0 Å². The number of nitriles is 1. The summed E-state index contributed by atoms with van der Waals surface area (Å²) >= 11 is 0. The van der Waals surface area contributed by atoms with Crippen LogP contribution in [0, 0.1) is 17.1 Å². The minimum atomic E-state index is -0.417. The van der Waals surface area contributed by atoms with Crippen molar-refractivity contribution < 1.29 is 9.13 Å². The molecule has 0 fully saturated rings. The molecule has 17 heavy (non-hydrogen) atoms. The van der Waals surface area contributed by atoms with Crippen molar-refractivity contribution in [3.05, 3.63) is 59.9 Å². The standard InChI is InChI=1S/C14H10FNO/c15-12-6-2-4-8-14(12)17-13-7-3-1-5-11(13)9-10-16/h1-8H,9H2. The van der Waals surface area contributed by atoms with Crippen molar-refractivity contribution in [3.8, 4) is 17.6 Å². The van der Waals surface area contributed by atoms with Crippen molar-refractivity contribution in [1.29, 1.82) is 5.26 Å². The molecule has 0 radical (unpaired) electrons. The number of ether oxygens (including phenoxy) is 1. The van der Waals surface area contributed by atoms with Gasteiger partial charge in [0.25, 0.3) is 0 Å². The average molecular weight is 227 g/mol. The number of halogens is 1. The molecule has 0 atom stereocenters. The molecule has 2 nitrogen and oxygen atoms in total. The lowest BCUT2D eigenvalue weighted by Gasteiger charge is -2.09. The van der Waals surface area contributed by atoms with E-state index in [4.69, 9.17) is 10.00 Å². The summed E-state index contributed by atoms with van der Waals surface area (Å²) in [6.45, 7) is 0. The Kier molecular flexibility index (Phi) is 3.37. The lowest BCUT2D eigenvalue weighted by molar-refractivity contribution is 0.439. The highest BCUT2D eigenvalue weighted by Gasteiger charge is 2.06. The van der Waals surface area contributed by atoms with Gasteiger partial charge in [-0.25, -0.2) is 4.39 Å². The van der Waals surface area contributed by atoms with Gasteiger partial charge in [0.05, 0.1) is 12.5 Å². The molecule has 0 saturated heterocycles. The maximum Gasteiger partial charge on any atom is 0.165 e. The van der Waals surface area contributed by atoms with Gasteiger partial charge in [-0.3, -0.25) is 0 Å². The first kappa shape index (κ1) is 11.2. The Hall–Kier alpha value is -2.34. The Morgan fingerprint density at radius 3 is 2.35 bits per heavy atom. The normalized spacial score (nSPS) is 9.65. The van der Waals surface area contributed by atoms with Gasteiger partial charge in [0, 0.05) is 5.56 Å². The van der Waals surface area contributed by atoms with E-state index < -0.39 is 5.82 Å². The van der Waals surface area contributed by atoms with Gasteiger partial charge >= 0.3 is 0 Å². The molecule has 2 rings (SSSR count). The number of hydrogen-bond acceptors (Lipinski definition) is 2. The highest BCUT2D eigenvalue weighted by molar-refractivity contribution is 5.39. The first-order valence-electron chi connectivity index (χ1n) is 5.18. The summed E-state index contributed by atoms with van der Waals surface area (Å²) in [5, 5.41) is 8.69. The smallest absolute Gasteiger partial charge is 0.165 e. The predicted molar refractivity (Wildman–Crippen MR) is 62.2 cm³/mol. The molecule has 0 aliphatic rings. The highest BCUT2D eigenvalue weighted by atomic mass is 19.1. The van der Waals surface area contributed by atoms with Crippen LogP contribution in [0.3, 0.4) is 0 Å². The molecule has 0 heterocycles. The molecule has 0 amide bonds. The van der Waals surface area contributed by atoms with E-state index in [-0.39, 0.29) is 12.2 Å². The second-order valence-corrected chi connectivity index (χ2v) is 3.48. The summed E-state index contributed by atoms with van der Waals surface area (Å²) < 4.78 is 18.9. The third-order valence-electron chi connectivity index (χ3n) is 2.30. The largest absolute Gasteiger partial charge is 0.454 e. The van der Waals surface area contributed by atoms with Crippen molar-refractivity contribution in [2.24, 2.45) is 0 Å². The quantitative estimate of drug-likeness (QED) is 0.801. The second-order valence-electron chi connectivity index (χ2n) is 3.48. The fourth-order valence-corrected chi connectivity index (χ4v) is 1.48. The highest BCUT2D eigenvalue weighted by Crippen LogP contribution is 2.27. The van der Waals surface area contributed by atoms with Crippen LogP contribution in [0.1, 0.15) is 5.56 Å². The SMILES string of the molecule is N#CCc1ccccc1Oc1ccccc1F. The van der Waals surface area contributed by atoms with Gasteiger partial charge in [-0.1, -0.05) is 30.3 Å². The molecular weight excluding hydrogens is 217 g/mol. The van der Waals surface area contributed by atoms with Gasteiger partial charge in [0.15, 0.2) is 11.6 Å². The van der Waals surface area contributed by atoms with E-state index in [9.17, 15) is 4.39 Å². The van der Waals surface area contributed by atoms with Crippen LogP contribution in [0.2, 0.25) is 0 Å². The van der Waals surface area contributed by atoms with Gasteiger partial charge in [0.2, 0.25) is 0 Å². The number of hydrogen-bond donors (Lipinski definition) is 0. The second kappa shape index (κ2) is 5.13. The third-order valence-corrected chi connectivity index (χ3v) is 2.30. The molecule has 0 spiro atoms. The summed E-state index contributed by atoms with van der Waals surface area (Å²) in [5.41, 5.74) is 0.748. The summed E-state index contributed by atoms with van der Waals surface area (Å²) in [7, 11) is 0. The van der Waals surface area contributed by atoms with Gasteiger partial charge < -0.3 is 4.74 Å². The molecular formula is C14H10FNO. The van der Waals surface area contributed by atoms with Crippen LogP contribution in [-0.2, 0) is 6.42 Å². The van der Waals surface area contributed by atoms with Crippen LogP contribution in [0.4, 0.5) is 4.39 Å². The zero-order chi connectivity index (χ0) is 12.1. The Balaban J connectivity index is 2.31. The van der Waals surface area contributed by atoms with Gasteiger partial charge in [-0.2, -0.15) is 5.26 Å². The monoisotopic (exact) mass is 227 g/mol. The summed E-state index contributed by atoms with van der Waals surface area (Å²) in [6.07, 6.45) is 0.241. The molecule has 0 bridgehead atoms. The molecule has 3 heteroatoms. The van der Waals surface area contributed by atoms with E-state index in [1.807, 2.05) is 6.07 Å². The van der Waals surface area contributed by atoms with Crippen LogP contribution < -0.4 is 4.74 Å². The molecule has 2 aromatic carbocycles. The van der Waals surface area contributed by atoms with E-state index >= 15 is 0 Å². The van der Waals surface area contributed by atoms with E-state index in [0.717, 1.165) is 5.56 Å². The molecule has 2 aromatic rings. The molecule has 0 aliphatic heterocycles. The van der Waals surface area contributed by atoms with Gasteiger partial charge in [0.1, 0.15) is 5.75 Å². The van der Waals surface area contributed by atoms with Crippen LogP contribution in [0.25, 0.3) is 0 Å². The van der Waals surface area contributed by atoms with Crippen molar-refractivity contribution in [2.75, 3.05) is 0 Å². The summed E-state index contributed by atoms with van der Waals surface area (Å²) in [6, 6.07) is 15.4. The first-order chi connectivity index (χ1) is 8.31. The third kappa shape index (κ3) is 2.61. The topological polar surface area (TPSA) is 33.0 Å². The lowest BCUT2D eigenvalue weighted by atomic mass is 10.1. The molecule has 84 valence electrons. The Morgan fingerprint density at radius 1 is 1.00 bits per heavy atom. The number of para-hydroxylation sites is 2. The van der Waals surface area contributed by atoms with Crippen LogP contribution in [-0.4, -0.2) is 0 Å². The minimum absolute atomic E-state index is 0.165. The van der Waals surface area contributed by atoms with E-state index in [0.29, 0.717) is 5.75 Å². The van der Waals surface area contributed by atoms with Crippen molar-refractivity contribution in [2.45, 2.75) is 6.42 Å². The van der Waals surface area contributed by atoms with Gasteiger partial charge in [-0.15, -0.1) is 0 Å². The summed E-state index contributed by atoms with van der Waals surface area (Å²) in [5.74, 6) is 0.260. The number of nitrogens with zero attached hydrogens (tertiary/aromatic N) is 1. The zero-order valence-corrected chi connectivity index (χ0v) is 9.06. The first-order valence-corrected chi connectivity index (χ1v) is 5.18. The Morgan fingerprint density at radius 2 is 1.65 bits per heavy atom. The van der Waals surface area contributed by atoms with Crippen LogP contribution >= 0.6 is 0 Å². The van der Waals surface area contributed by atoms with Crippen molar-refractivity contribution >= 4 is 0 Å². The summed E-state index contributed by atoms with van der Waals surface area (Å²) in [4.78, 5) is 0. The van der Waals surface area contributed by atoms with E-state index in [1.54, 1.807) is 36.4 Å². The van der Waals surface area contributed by atoms with E-state index in [1.165, 1.54) is 6.07 Å². The number of benzene rings is 2. The zero-order valence-electron chi connectivity index (χ0n) is 9.06. The predicted octanol–water partition coefficient (Wildman–Crippen LogP) is 3.68. The molecule has 0 N–H and O–H groups in total. The Labute approximate surface area is 98.9 Å². The average Bonchev–Trinajstić information content (AvgIpc) is 2.35. The molecule has 0 aromatic heterocycles. The Bertz CT molecular complexity index is 560. The van der Waals surface area contributed by atoms with E-state index in [2.05, 4.69) is 6.07 Å². The molecule has 0 saturated carbocycles. The molecule has 0 unspecified atom stereocenters. The van der Waals surface area contributed by atoms with Gasteiger partial charge in [-0.05, 0) is 18.2 Å². The fraction of sp³-hybridized carbons (Fsp3) is 0.0714. The van der Waals surface area contributed by atoms with Crippen molar-refractivity contribution in [3.63, 3.8) is 0 Å². The molecule has 0 aliphatic carbocycles.